The highest BCUT2D eigenvalue weighted by atomic mass is 16.5. The number of carbonyl (C=O) groups excluding carboxylic acids is 1. The van der Waals surface area contributed by atoms with Crippen molar-refractivity contribution in [2.24, 2.45) is 4.99 Å². The number of hydrogen-bond acceptors (Lipinski definition) is 3. The highest BCUT2D eigenvalue weighted by Gasteiger charge is 2.37. The highest BCUT2D eigenvalue weighted by molar-refractivity contribution is 5.85. The van der Waals surface area contributed by atoms with Gasteiger partial charge in [-0.25, -0.2) is 4.99 Å². The number of ketones is 1. The maximum atomic E-state index is 10.9. The van der Waals surface area contributed by atoms with Crippen LogP contribution in [0.25, 0.3) is 0 Å². The van der Waals surface area contributed by atoms with Crippen LogP contribution in [0, 0.1) is 0 Å². The Morgan fingerprint density at radius 1 is 1.70 bits per heavy atom. The third-order valence-corrected chi connectivity index (χ3v) is 1.61. The summed E-state index contributed by atoms with van der Waals surface area (Å²) in [7, 11) is 0. The molecule has 1 heterocycles. The Hall–Kier alpha value is -0.860. The zero-order chi connectivity index (χ0) is 7.78. The molecule has 0 saturated heterocycles. The fourth-order valence-electron chi connectivity index (χ4n) is 1.07. The molecule has 56 valence electrons. The van der Waals surface area contributed by atoms with Gasteiger partial charge in [-0.3, -0.25) is 4.79 Å². The van der Waals surface area contributed by atoms with E-state index < -0.39 is 5.60 Å². The molecular formula is C7H11NO2. The third-order valence-electron chi connectivity index (χ3n) is 1.61. The lowest BCUT2D eigenvalue weighted by atomic mass is 9.97. The van der Waals surface area contributed by atoms with E-state index in [9.17, 15) is 4.79 Å². The average Bonchev–Trinajstić information content (AvgIpc) is 2.08. The zero-order valence-electron chi connectivity index (χ0n) is 6.42. The smallest absolute Gasteiger partial charge is 0.171 e. The molecule has 10 heavy (non-hydrogen) atoms. The van der Waals surface area contributed by atoms with E-state index in [2.05, 4.69) is 4.99 Å². The summed E-state index contributed by atoms with van der Waals surface area (Å²) in [4.78, 5) is 14.8. The van der Waals surface area contributed by atoms with Gasteiger partial charge in [-0.2, -0.15) is 0 Å². The van der Waals surface area contributed by atoms with Crippen LogP contribution in [0.15, 0.2) is 4.99 Å². The lowest BCUT2D eigenvalue weighted by molar-refractivity contribution is -0.121. The van der Waals surface area contributed by atoms with Gasteiger partial charge in [-0.05, 0) is 20.8 Å². The largest absolute Gasteiger partial charge is 0.475 e. The lowest BCUT2D eigenvalue weighted by Crippen LogP contribution is -2.37. The van der Waals surface area contributed by atoms with Crippen LogP contribution in [-0.2, 0) is 9.53 Å². The van der Waals surface area contributed by atoms with Crippen LogP contribution in [0.1, 0.15) is 20.8 Å². The second-order valence-corrected chi connectivity index (χ2v) is 2.99. The van der Waals surface area contributed by atoms with Crippen LogP contribution in [0.5, 0.6) is 0 Å². The lowest BCUT2D eigenvalue weighted by Gasteiger charge is -2.21. The molecule has 1 aliphatic heterocycles. The molecule has 1 atom stereocenters. The summed E-state index contributed by atoms with van der Waals surface area (Å²) in [5.41, 5.74) is -0.439. The van der Waals surface area contributed by atoms with Crippen molar-refractivity contribution >= 4 is 12.2 Å². The molecule has 3 nitrogen and oxygen atoms in total. The van der Waals surface area contributed by atoms with E-state index in [0.29, 0.717) is 0 Å². The minimum atomic E-state index is -0.439. The van der Waals surface area contributed by atoms with E-state index in [0.717, 1.165) is 0 Å². The van der Waals surface area contributed by atoms with Crippen molar-refractivity contribution in [2.45, 2.75) is 32.4 Å². The number of Topliss-reactive ketones (excluding diaryl/α,β-unsaturated/α-hetero) is 1. The molecule has 0 radical (unpaired) electrons. The molecule has 0 saturated carbocycles. The molecule has 0 aliphatic carbocycles. The maximum Gasteiger partial charge on any atom is 0.171 e. The Balaban J connectivity index is 2.77. The molecule has 1 rings (SSSR count). The fourth-order valence-corrected chi connectivity index (χ4v) is 1.07. The molecule has 0 aromatic carbocycles. The molecule has 0 amide bonds. The van der Waals surface area contributed by atoms with Gasteiger partial charge < -0.3 is 4.74 Å². The monoisotopic (exact) mass is 141 g/mol. The normalized spacial score (nSPS) is 28.1. The fraction of sp³-hybridized carbons (Fsp3) is 0.714. The molecule has 0 spiro atoms. The first-order valence-corrected chi connectivity index (χ1v) is 3.24. The van der Waals surface area contributed by atoms with Crippen molar-refractivity contribution in [1.82, 2.24) is 0 Å². The summed E-state index contributed by atoms with van der Waals surface area (Å²) in [6.07, 6.45) is 1.35. The SMILES string of the molecule is CC(=O)[C@@H]1N=COC1(C)C. The first kappa shape index (κ1) is 7.25. The van der Waals surface area contributed by atoms with Crippen molar-refractivity contribution in [2.75, 3.05) is 0 Å². The average molecular weight is 141 g/mol. The Labute approximate surface area is 60.1 Å². The Morgan fingerprint density at radius 3 is 2.50 bits per heavy atom. The molecule has 1 aliphatic rings. The molecule has 0 N–H and O–H groups in total. The van der Waals surface area contributed by atoms with Crippen molar-refractivity contribution in [1.29, 1.82) is 0 Å². The molecule has 3 heteroatoms. The molecule has 0 fully saturated rings. The highest BCUT2D eigenvalue weighted by Crippen LogP contribution is 2.22. The van der Waals surface area contributed by atoms with Gasteiger partial charge in [0.05, 0.1) is 0 Å². The minimum absolute atomic E-state index is 0.0544. The molecule has 0 unspecified atom stereocenters. The minimum Gasteiger partial charge on any atom is -0.475 e. The molecule has 0 aromatic heterocycles. The van der Waals surface area contributed by atoms with E-state index >= 15 is 0 Å². The zero-order valence-corrected chi connectivity index (χ0v) is 6.42. The third kappa shape index (κ3) is 1.03. The first-order valence-electron chi connectivity index (χ1n) is 3.24. The van der Waals surface area contributed by atoms with E-state index in [-0.39, 0.29) is 11.8 Å². The van der Waals surface area contributed by atoms with Crippen molar-refractivity contribution in [3.05, 3.63) is 0 Å². The Kier molecular flexibility index (Phi) is 1.50. The van der Waals surface area contributed by atoms with Crippen molar-refractivity contribution in [3.8, 4) is 0 Å². The summed E-state index contributed by atoms with van der Waals surface area (Å²) < 4.78 is 5.10. The van der Waals surface area contributed by atoms with E-state index in [1.807, 2.05) is 13.8 Å². The second-order valence-electron chi connectivity index (χ2n) is 2.99. The number of ether oxygens (including phenoxy) is 1. The number of carbonyl (C=O) groups is 1. The van der Waals surface area contributed by atoms with Crippen LogP contribution in [0.2, 0.25) is 0 Å². The number of hydrogen-bond donors (Lipinski definition) is 0. The number of nitrogens with zero attached hydrogens (tertiary/aromatic N) is 1. The summed E-state index contributed by atoms with van der Waals surface area (Å²) >= 11 is 0. The summed E-state index contributed by atoms with van der Waals surface area (Å²) in [5, 5.41) is 0. The van der Waals surface area contributed by atoms with Crippen LogP contribution < -0.4 is 0 Å². The number of rotatable bonds is 1. The van der Waals surface area contributed by atoms with Crippen molar-refractivity contribution in [3.63, 3.8) is 0 Å². The summed E-state index contributed by atoms with van der Waals surface area (Å²) in [6.45, 7) is 5.23. The van der Waals surface area contributed by atoms with E-state index in [1.54, 1.807) is 0 Å². The Bertz CT molecular complexity index is 184. The van der Waals surface area contributed by atoms with Gasteiger partial charge >= 0.3 is 0 Å². The van der Waals surface area contributed by atoms with Gasteiger partial charge in [0.15, 0.2) is 18.2 Å². The van der Waals surface area contributed by atoms with Crippen LogP contribution in [-0.4, -0.2) is 23.8 Å². The van der Waals surface area contributed by atoms with Gasteiger partial charge in [0.2, 0.25) is 0 Å². The van der Waals surface area contributed by atoms with Crippen LogP contribution in [0.3, 0.4) is 0 Å². The standard InChI is InChI=1S/C7H11NO2/c1-5(9)6-7(2,3)10-4-8-6/h4,6H,1-3H3/t6-/m0/s1. The van der Waals surface area contributed by atoms with Gasteiger partial charge in [0.1, 0.15) is 5.60 Å². The first-order chi connectivity index (χ1) is 4.54. The summed E-state index contributed by atoms with van der Waals surface area (Å²) in [6, 6.07) is -0.313. The quantitative estimate of drug-likeness (QED) is 0.541. The van der Waals surface area contributed by atoms with E-state index in [4.69, 9.17) is 4.74 Å². The van der Waals surface area contributed by atoms with E-state index in [1.165, 1.54) is 13.3 Å². The second kappa shape index (κ2) is 2.08. The van der Waals surface area contributed by atoms with Crippen LogP contribution >= 0.6 is 0 Å². The van der Waals surface area contributed by atoms with Crippen LogP contribution in [0.4, 0.5) is 0 Å². The van der Waals surface area contributed by atoms with Crippen molar-refractivity contribution < 1.29 is 9.53 Å². The summed E-state index contributed by atoms with van der Waals surface area (Å²) in [5.74, 6) is 0.0544. The number of aliphatic imine (C=N–C) groups is 1. The predicted molar refractivity (Wildman–Crippen MR) is 38.1 cm³/mol. The predicted octanol–water partition coefficient (Wildman–Crippen LogP) is 0.781. The molecule has 0 aromatic rings. The maximum absolute atomic E-state index is 10.9. The Morgan fingerprint density at radius 2 is 2.30 bits per heavy atom. The van der Waals surface area contributed by atoms with Gasteiger partial charge in [0.25, 0.3) is 0 Å². The van der Waals surface area contributed by atoms with Gasteiger partial charge in [-0.15, -0.1) is 0 Å². The van der Waals surface area contributed by atoms with Gasteiger partial charge in [0, 0.05) is 0 Å². The molecule has 0 bridgehead atoms. The topological polar surface area (TPSA) is 38.7 Å². The molecular weight excluding hydrogens is 130 g/mol. The van der Waals surface area contributed by atoms with Gasteiger partial charge in [-0.1, -0.05) is 0 Å².